The van der Waals surface area contributed by atoms with E-state index in [0.717, 1.165) is 78.9 Å². The van der Waals surface area contributed by atoms with E-state index in [0.29, 0.717) is 56.6 Å². The van der Waals surface area contributed by atoms with Crippen molar-refractivity contribution in [3.63, 3.8) is 0 Å². The number of anilines is 2. The van der Waals surface area contributed by atoms with Crippen LogP contribution in [-0.4, -0.2) is 75.6 Å². The molecule has 0 saturated carbocycles. The third-order valence-corrected chi connectivity index (χ3v) is 10.3. The summed E-state index contributed by atoms with van der Waals surface area (Å²) in [6.45, 7) is 11.5. The molecule has 3 aromatic rings. The maximum absolute atomic E-state index is 15.0. The van der Waals surface area contributed by atoms with Crippen LogP contribution < -0.4 is 14.5 Å². The number of aromatic hydroxyl groups is 1. The molecule has 0 amide bonds. The molecule has 0 unspecified atom stereocenters. The van der Waals surface area contributed by atoms with E-state index < -0.39 is 5.60 Å². The van der Waals surface area contributed by atoms with Crippen molar-refractivity contribution in [3.8, 4) is 11.8 Å². The molecule has 8 nitrogen and oxygen atoms in total. The second-order valence-electron chi connectivity index (χ2n) is 13.8. The summed E-state index contributed by atoms with van der Waals surface area (Å²) in [6.07, 6.45) is 6.39. The Morgan fingerprint density at radius 2 is 1.93 bits per heavy atom. The Morgan fingerprint density at radius 3 is 2.74 bits per heavy atom. The SMILES string of the molecule is CCc1c(F)ccc2cc(O)cc(N3CCc4c(nc(OC[C@@]56CCCN5C[C@H](C)C6)nc4N4CCC[C@@](C)(O)C4)C3)c12. The van der Waals surface area contributed by atoms with Crippen LogP contribution in [0, 0.1) is 11.7 Å². The largest absolute Gasteiger partial charge is 0.508 e. The molecule has 0 bridgehead atoms. The van der Waals surface area contributed by atoms with Crippen LogP contribution in [-0.2, 0) is 19.4 Å². The Morgan fingerprint density at radius 1 is 1.09 bits per heavy atom. The second-order valence-corrected chi connectivity index (χ2v) is 13.8. The number of hydrogen-bond donors (Lipinski definition) is 2. The number of aromatic nitrogens is 2. The van der Waals surface area contributed by atoms with Crippen LogP contribution in [0.15, 0.2) is 24.3 Å². The van der Waals surface area contributed by atoms with E-state index >= 15 is 0 Å². The molecule has 3 fully saturated rings. The zero-order valence-electron chi connectivity index (χ0n) is 25.7. The van der Waals surface area contributed by atoms with Crippen molar-refractivity contribution in [1.29, 1.82) is 0 Å². The van der Waals surface area contributed by atoms with Crippen LogP contribution in [0.25, 0.3) is 10.8 Å². The minimum atomic E-state index is -0.776. The van der Waals surface area contributed by atoms with Crippen molar-refractivity contribution in [2.75, 3.05) is 49.1 Å². The lowest BCUT2D eigenvalue weighted by molar-refractivity contribution is 0.0445. The fraction of sp³-hybridized carbons (Fsp3) is 0.588. The lowest BCUT2D eigenvalue weighted by atomic mass is 9.91. The summed E-state index contributed by atoms with van der Waals surface area (Å²) >= 11 is 0. The average Bonchev–Trinajstić information content (AvgIpc) is 3.50. The van der Waals surface area contributed by atoms with Gasteiger partial charge < -0.3 is 24.7 Å². The zero-order valence-corrected chi connectivity index (χ0v) is 25.7. The average molecular weight is 590 g/mol. The zero-order chi connectivity index (χ0) is 29.9. The fourth-order valence-electron chi connectivity index (χ4n) is 8.41. The predicted octanol–water partition coefficient (Wildman–Crippen LogP) is 5.20. The summed E-state index contributed by atoms with van der Waals surface area (Å²) in [4.78, 5) is 17.0. The standard InChI is InChI=1S/C34H44FN5O3/c1-4-25-27(35)8-7-23-15-24(41)16-29(30(23)25)38-14-9-26-28(19-38)36-32(37-31(26)39-12-5-10-33(3,42)20-39)43-21-34-11-6-13-40(34)18-22(2)17-34/h7-8,15-16,22,41-42H,4-6,9-14,17-21H2,1-3H3/t22-,33-,34+/m1/s1. The molecular weight excluding hydrogens is 545 g/mol. The van der Waals surface area contributed by atoms with Crippen LogP contribution in [0.2, 0.25) is 0 Å². The first-order valence-electron chi connectivity index (χ1n) is 16.1. The molecular formula is C34H44FN5O3. The smallest absolute Gasteiger partial charge is 0.318 e. The number of piperidine rings is 1. The summed E-state index contributed by atoms with van der Waals surface area (Å²) in [7, 11) is 0. The van der Waals surface area contributed by atoms with Gasteiger partial charge in [-0.25, -0.2) is 4.39 Å². The highest BCUT2D eigenvalue weighted by atomic mass is 19.1. The van der Waals surface area contributed by atoms with Crippen molar-refractivity contribution in [3.05, 3.63) is 46.9 Å². The van der Waals surface area contributed by atoms with Gasteiger partial charge >= 0.3 is 6.01 Å². The van der Waals surface area contributed by atoms with Gasteiger partial charge in [-0.3, -0.25) is 4.90 Å². The summed E-state index contributed by atoms with van der Waals surface area (Å²) in [5, 5.41) is 23.3. The number of ether oxygens (including phenoxy) is 1. The molecule has 2 N–H and O–H groups in total. The van der Waals surface area contributed by atoms with E-state index in [1.807, 2.05) is 13.8 Å². The number of aliphatic hydroxyl groups is 1. The summed E-state index contributed by atoms with van der Waals surface area (Å²) in [5.74, 6) is 1.46. The quantitative estimate of drug-likeness (QED) is 0.406. The predicted molar refractivity (Wildman–Crippen MR) is 167 cm³/mol. The Kier molecular flexibility index (Phi) is 7.16. The molecule has 43 heavy (non-hydrogen) atoms. The summed E-state index contributed by atoms with van der Waals surface area (Å²) in [5.41, 5.74) is 2.74. The molecule has 3 saturated heterocycles. The van der Waals surface area contributed by atoms with Crippen LogP contribution in [0.5, 0.6) is 11.8 Å². The van der Waals surface area contributed by atoms with Gasteiger partial charge in [-0.05, 0) is 87.4 Å². The number of benzene rings is 2. The van der Waals surface area contributed by atoms with E-state index in [-0.39, 0.29) is 17.1 Å². The highest BCUT2D eigenvalue weighted by Gasteiger charge is 2.48. The van der Waals surface area contributed by atoms with Crippen molar-refractivity contribution in [2.45, 2.75) is 83.4 Å². The van der Waals surface area contributed by atoms with Gasteiger partial charge in [0, 0.05) is 48.9 Å². The highest BCUT2D eigenvalue weighted by Crippen LogP contribution is 2.43. The third-order valence-electron chi connectivity index (χ3n) is 10.3. The molecule has 3 atom stereocenters. The molecule has 5 heterocycles. The number of fused-ring (bicyclic) bond motifs is 3. The Balaban J connectivity index is 1.26. The Bertz CT molecular complexity index is 1550. The number of phenolic OH excluding ortho intramolecular Hbond substituents is 1. The fourth-order valence-corrected chi connectivity index (χ4v) is 8.41. The van der Waals surface area contributed by atoms with Crippen molar-refractivity contribution in [2.24, 2.45) is 5.92 Å². The number of nitrogens with zero attached hydrogens (tertiary/aromatic N) is 5. The van der Waals surface area contributed by atoms with E-state index in [2.05, 4.69) is 21.6 Å². The van der Waals surface area contributed by atoms with Crippen LogP contribution in [0.3, 0.4) is 0 Å². The van der Waals surface area contributed by atoms with E-state index in [4.69, 9.17) is 14.7 Å². The molecule has 4 aliphatic rings. The van der Waals surface area contributed by atoms with E-state index in [1.54, 1.807) is 18.2 Å². The van der Waals surface area contributed by atoms with Crippen LogP contribution in [0.1, 0.15) is 69.7 Å². The summed E-state index contributed by atoms with van der Waals surface area (Å²) in [6, 6.07) is 7.09. The lowest BCUT2D eigenvalue weighted by Crippen LogP contribution is -2.47. The number of rotatable bonds is 6. The number of aryl methyl sites for hydroxylation is 1. The number of phenols is 1. The minimum absolute atomic E-state index is 0.0563. The van der Waals surface area contributed by atoms with Crippen LogP contribution >= 0.6 is 0 Å². The second kappa shape index (κ2) is 10.8. The molecule has 0 aliphatic carbocycles. The van der Waals surface area contributed by atoms with Gasteiger partial charge in [0.15, 0.2) is 0 Å². The molecule has 230 valence electrons. The molecule has 0 radical (unpaired) electrons. The first-order valence-corrected chi connectivity index (χ1v) is 16.1. The Hall–Kier alpha value is -3.17. The van der Waals surface area contributed by atoms with Crippen molar-refractivity contribution < 1.29 is 19.3 Å². The van der Waals surface area contributed by atoms with Gasteiger partial charge in [0.2, 0.25) is 0 Å². The van der Waals surface area contributed by atoms with E-state index in [9.17, 15) is 14.6 Å². The normalized spacial score (nSPS) is 27.5. The minimum Gasteiger partial charge on any atom is -0.508 e. The van der Waals surface area contributed by atoms with Gasteiger partial charge in [-0.2, -0.15) is 9.97 Å². The Labute approximate surface area is 253 Å². The molecule has 2 aromatic carbocycles. The maximum Gasteiger partial charge on any atom is 0.318 e. The molecule has 4 aliphatic heterocycles. The molecule has 9 heteroatoms. The monoisotopic (exact) mass is 589 g/mol. The van der Waals surface area contributed by atoms with Gasteiger partial charge in [0.25, 0.3) is 0 Å². The van der Waals surface area contributed by atoms with Crippen LogP contribution in [0.4, 0.5) is 15.9 Å². The van der Waals surface area contributed by atoms with Crippen molar-refractivity contribution >= 4 is 22.3 Å². The number of β-amino-alcohol motifs (C(OH)–C–C–N with tert-alkyl or cyclic N) is 1. The lowest BCUT2D eigenvalue weighted by Gasteiger charge is -2.40. The molecule has 7 rings (SSSR count). The number of hydrogen-bond acceptors (Lipinski definition) is 8. The first-order chi connectivity index (χ1) is 20.6. The van der Waals surface area contributed by atoms with E-state index in [1.165, 1.54) is 12.5 Å². The molecule has 0 spiro atoms. The summed E-state index contributed by atoms with van der Waals surface area (Å²) < 4.78 is 21.5. The van der Waals surface area contributed by atoms with Gasteiger partial charge in [-0.1, -0.05) is 19.9 Å². The van der Waals surface area contributed by atoms with Crippen molar-refractivity contribution in [1.82, 2.24) is 14.9 Å². The number of halogens is 1. The van der Waals surface area contributed by atoms with Gasteiger partial charge in [0.1, 0.15) is 24.0 Å². The third kappa shape index (κ3) is 5.18. The molecule has 1 aromatic heterocycles. The maximum atomic E-state index is 15.0. The topological polar surface area (TPSA) is 85.2 Å². The highest BCUT2D eigenvalue weighted by molar-refractivity contribution is 5.98. The van der Waals surface area contributed by atoms with Gasteiger partial charge in [-0.15, -0.1) is 0 Å². The first kappa shape index (κ1) is 28.6. The van der Waals surface area contributed by atoms with Gasteiger partial charge in [0.05, 0.1) is 23.4 Å².